The lowest BCUT2D eigenvalue weighted by atomic mass is 10.1. The lowest BCUT2D eigenvalue weighted by molar-refractivity contribution is 0.0936. The van der Waals surface area contributed by atoms with Crippen LogP contribution in [0.15, 0.2) is 12.4 Å². The fraction of sp³-hybridized carbons (Fsp3) is 0.625. The summed E-state index contributed by atoms with van der Waals surface area (Å²) >= 11 is 0. The number of anilines is 1. The van der Waals surface area contributed by atoms with Crippen LogP contribution in [0, 0.1) is 0 Å². The average Bonchev–Trinajstić information content (AvgIpc) is 2.55. The summed E-state index contributed by atoms with van der Waals surface area (Å²) in [7, 11) is 0. The summed E-state index contributed by atoms with van der Waals surface area (Å²) in [5.41, 5.74) is 0.338. The number of hydrogen-bond donors (Lipinski definition) is 2. The second-order valence-electron chi connectivity index (χ2n) is 6.02. The molecule has 24 heavy (non-hydrogen) atoms. The Kier molecular flexibility index (Phi) is 6.34. The van der Waals surface area contributed by atoms with Crippen molar-refractivity contribution in [2.45, 2.75) is 45.7 Å². The molecule has 0 aliphatic carbocycles. The topological polar surface area (TPSA) is 96.5 Å². The number of likely N-dealkylation sites (tertiary alicyclic amines) is 1. The molecular formula is C16H25N5O3. The summed E-state index contributed by atoms with van der Waals surface area (Å²) in [5, 5.41) is 6.12. The fourth-order valence-electron chi connectivity index (χ4n) is 2.53. The third-order valence-electron chi connectivity index (χ3n) is 3.69. The lowest BCUT2D eigenvalue weighted by Crippen LogP contribution is -2.42. The first-order chi connectivity index (χ1) is 11.5. The van der Waals surface area contributed by atoms with Crippen LogP contribution in [-0.4, -0.2) is 58.6 Å². The van der Waals surface area contributed by atoms with Crippen LogP contribution in [0.25, 0.3) is 0 Å². The summed E-state index contributed by atoms with van der Waals surface area (Å²) in [6, 6.07) is 1.90. The largest absolute Gasteiger partial charge is 0.450 e. The number of amides is 2. The van der Waals surface area contributed by atoms with Gasteiger partial charge in [-0.25, -0.2) is 14.8 Å². The molecule has 1 aliphatic rings. The van der Waals surface area contributed by atoms with E-state index in [0.717, 1.165) is 12.8 Å². The molecule has 1 aliphatic heterocycles. The van der Waals surface area contributed by atoms with E-state index >= 15 is 0 Å². The van der Waals surface area contributed by atoms with Crippen molar-refractivity contribution >= 4 is 17.8 Å². The van der Waals surface area contributed by atoms with E-state index in [1.165, 1.54) is 6.33 Å². The molecule has 0 unspecified atom stereocenters. The van der Waals surface area contributed by atoms with Crippen molar-refractivity contribution in [3.8, 4) is 0 Å². The standard InChI is InChI=1S/C16H25N5O3/c1-4-24-16(23)21-7-5-12(6-8-21)20-14-9-13(17-10-18-14)15(22)19-11(2)3/h9-12H,4-8H2,1-3H3,(H,19,22)(H,17,18,20). The minimum Gasteiger partial charge on any atom is -0.450 e. The molecule has 8 nitrogen and oxygen atoms in total. The number of piperidine rings is 1. The number of carbonyl (C=O) groups is 2. The molecule has 1 aromatic heterocycles. The van der Waals surface area contributed by atoms with Crippen LogP contribution in [0.1, 0.15) is 44.1 Å². The predicted molar refractivity (Wildman–Crippen MR) is 89.9 cm³/mol. The molecule has 0 aromatic carbocycles. The molecule has 8 heteroatoms. The summed E-state index contributed by atoms with van der Waals surface area (Å²) < 4.78 is 5.01. The van der Waals surface area contributed by atoms with Crippen molar-refractivity contribution in [1.29, 1.82) is 0 Å². The van der Waals surface area contributed by atoms with Gasteiger partial charge in [-0.2, -0.15) is 0 Å². The maximum Gasteiger partial charge on any atom is 0.409 e. The van der Waals surface area contributed by atoms with Crippen molar-refractivity contribution in [2.24, 2.45) is 0 Å². The second kappa shape index (κ2) is 8.47. The normalized spacial score (nSPS) is 15.2. The van der Waals surface area contributed by atoms with E-state index in [2.05, 4.69) is 20.6 Å². The maximum atomic E-state index is 12.0. The number of ether oxygens (including phenoxy) is 1. The Morgan fingerprint density at radius 1 is 1.33 bits per heavy atom. The minimum atomic E-state index is -0.259. The van der Waals surface area contributed by atoms with E-state index in [4.69, 9.17) is 4.74 Å². The van der Waals surface area contributed by atoms with Crippen molar-refractivity contribution in [3.05, 3.63) is 18.1 Å². The Hall–Kier alpha value is -2.38. The molecule has 0 radical (unpaired) electrons. The maximum absolute atomic E-state index is 12.0. The van der Waals surface area contributed by atoms with Crippen molar-refractivity contribution in [2.75, 3.05) is 25.0 Å². The molecule has 0 spiro atoms. The van der Waals surface area contributed by atoms with Crippen molar-refractivity contribution < 1.29 is 14.3 Å². The molecule has 0 bridgehead atoms. The van der Waals surface area contributed by atoms with E-state index < -0.39 is 0 Å². The molecule has 2 amide bonds. The van der Waals surface area contributed by atoms with E-state index in [1.54, 1.807) is 17.9 Å². The van der Waals surface area contributed by atoms with Gasteiger partial charge in [-0.1, -0.05) is 0 Å². The van der Waals surface area contributed by atoms with Gasteiger partial charge < -0.3 is 20.3 Å². The third kappa shape index (κ3) is 5.07. The van der Waals surface area contributed by atoms with Gasteiger partial charge in [0.15, 0.2) is 0 Å². The Bertz CT molecular complexity index is 571. The van der Waals surface area contributed by atoms with Crippen LogP contribution < -0.4 is 10.6 Å². The van der Waals surface area contributed by atoms with Crippen LogP contribution in [-0.2, 0) is 4.74 Å². The van der Waals surface area contributed by atoms with Gasteiger partial charge in [-0.3, -0.25) is 4.79 Å². The molecule has 1 aromatic rings. The van der Waals surface area contributed by atoms with Gasteiger partial charge in [0, 0.05) is 31.2 Å². The van der Waals surface area contributed by atoms with Gasteiger partial charge in [-0.05, 0) is 33.6 Å². The van der Waals surface area contributed by atoms with E-state index in [1.807, 2.05) is 13.8 Å². The van der Waals surface area contributed by atoms with Crippen molar-refractivity contribution in [1.82, 2.24) is 20.2 Å². The zero-order chi connectivity index (χ0) is 17.5. The molecule has 2 heterocycles. The number of nitrogens with one attached hydrogen (secondary N) is 2. The average molecular weight is 335 g/mol. The zero-order valence-electron chi connectivity index (χ0n) is 14.4. The molecule has 1 saturated heterocycles. The highest BCUT2D eigenvalue weighted by Crippen LogP contribution is 2.16. The van der Waals surface area contributed by atoms with Gasteiger partial charge in [0.1, 0.15) is 17.8 Å². The second-order valence-corrected chi connectivity index (χ2v) is 6.02. The Morgan fingerprint density at radius 2 is 2.04 bits per heavy atom. The quantitative estimate of drug-likeness (QED) is 0.849. The van der Waals surface area contributed by atoms with Gasteiger partial charge >= 0.3 is 6.09 Å². The highest BCUT2D eigenvalue weighted by Gasteiger charge is 2.23. The summed E-state index contributed by atoms with van der Waals surface area (Å²) in [4.78, 5) is 33.6. The zero-order valence-corrected chi connectivity index (χ0v) is 14.4. The first-order valence-corrected chi connectivity index (χ1v) is 8.30. The minimum absolute atomic E-state index is 0.0519. The first kappa shape index (κ1) is 18.0. The number of rotatable bonds is 5. The van der Waals surface area contributed by atoms with Crippen LogP contribution >= 0.6 is 0 Å². The number of hydrogen-bond acceptors (Lipinski definition) is 6. The Balaban J connectivity index is 1.89. The van der Waals surface area contributed by atoms with E-state index in [9.17, 15) is 9.59 Å². The van der Waals surface area contributed by atoms with Gasteiger partial charge in [0.25, 0.3) is 5.91 Å². The summed E-state index contributed by atoms with van der Waals surface area (Å²) in [6.07, 6.45) is 2.73. The predicted octanol–water partition coefficient (Wildman–Crippen LogP) is 1.65. The van der Waals surface area contributed by atoms with E-state index in [0.29, 0.717) is 31.2 Å². The third-order valence-corrected chi connectivity index (χ3v) is 3.69. The van der Waals surface area contributed by atoms with Crippen LogP contribution in [0.2, 0.25) is 0 Å². The molecule has 132 valence electrons. The SMILES string of the molecule is CCOC(=O)N1CCC(Nc2cc(C(=O)NC(C)C)ncn2)CC1. The first-order valence-electron chi connectivity index (χ1n) is 8.30. The van der Waals surface area contributed by atoms with Gasteiger partial charge in [0.05, 0.1) is 6.61 Å². The number of nitrogens with zero attached hydrogens (tertiary/aromatic N) is 3. The fourth-order valence-corrected chi connectivity index (χ4v) is 2.53. The summed E-state index contributed by atoms with van der Waals surface area (Å²) in [6.45, 7) is 7.27. The van der Waals surface area contributed by atoms with Gasteiger partial charge in [0.2, 0.25) is 0 Å². The van der Waals surface area contributed by atoms with Crippen LogP contribution in [0.4, 0.5) is 10.6 Å². The van der Waals surface area contributed by atoms with Crippen molar-refractivity contribution in [3.63, 3.8) is 0 Å². The molecule has 0 atom stereocenters. The Morgan fingerprint density at radius 3 is 2.67 bits per heavy atom. The Labute approximate surface area is 142 Å². The smallest absolute Gasteiger partial charge is 0.409 e. The molecule has 0 saturated carbocycles. The molecule has 1 fully saturated rings. The number of aromatic nitrogens is 2. The monoisotopic (exact) mass is 335 g/mol. The van der Waals surface area contributed by atoms with Crippen LogP contribution in [0.3, 0.4) is 0 Å². The van der Waals surface area contributed by atoms with Gasteiger partial charge in [-0.15, -0.1) is 0 Å². The molecular weight excluding hydrogens is 310 g/mol. The highest BCUT2D eigenvalue weighted by molar-refractivity contribution is 5.92. The lowest BCUT2D eigenvalue weighted by Gasteiger charge is -2.31. The molecule has 2 rings (SSSR count). The van der Waals surface area contributed by atoms with Crippen LogP contribution in [0.5, 0.6) is 0 Å². The van der Waals surface area contributed by atoms with E-state index in [-0.39, 0.29) is 24.1 Å². The summed E-state index contributed by atoms with van der Waals surface area (Å²) in [5.74, 6) is 0.404. The highest BCUT2D eigenvalue weighted by atomic mass is 16.6. The number of carbonyl (C=O) groups excluding carboxylic acids is 2. The molecule has 2 N–H and O–H groups in total.